The number of hydrogen-bond acceptors (Lipinski definition) is 4. The third-order valence-corrected chi connectivity index (χ3v) is 5.66. The lowest BCUT2D eigenvalue weighted by Crippen LogP contribution is -2.31. The van der Waals surface area contributed by atoms with Crippen LogP contribution in [0.1, 0.15) is 35.1 Å². The Morgan fingerprint density at radius 3 is 3.04 bits per heavy atom. The fourth-order valence-electron chi connectivity index (χ4n) is 3.61. The first-order chi connectivity index (χ1) is 12.7. The summed E-state index contributed by atoms with van der Waals surface area (Å²) in [5, 5.41) is 0. The van der Waals surface area contributed by atoms with Crippen LogP contribution in [0.5, 0.6) is 0 Å². The van der Waals surface area contributed by atoms with Gasteiger partial charge >= 0.3 is 0 Å². The molecule has 1 fully saturated rings. The number of carbonyl (C=O) groups is 1. The van der Waals surface area contributed by atoms with Crippen LogP contribution in [0.2, 0.25) is 0 Å². The van der Waals surface area contributed by atoms with Crippen molar-refractivity contribution in [2.24, 2.45) is 0 Å². The van der Waals surface area contributed by atoms with Gasteiger partial charge in [-0.15, -0.1) is 11.3 Å². The molecule has 1 amide bonds. The maximum atomic E-state index is 13.4. The molecule has 2 aromatic carbocycles. The Kier molecular flexibility index (Phi) is 3.49. The van der Waals surface area contributed by atoms with Gasteiger partial charge in [-0.05, 0) is 49.2 Å². The van der Waals surface area contributed by atoms with Gasteiger partial charge in [0.15, 0.2) is 0 Å². The van der Waals surface area contributed by atoms with Crippen molar-refractivity contribution >= 4 is 38.5 Å². The summed E-state index contributed by atoms with van der Waals surface area (Å²) in [5.74, 6) is 0.412. The number of hydrogen-bond donors (Lipinski definition) is 1. The lowest BCUT2D eigenvalue weighted by atomic mass is 10.1. The first-order valence-electron chi connectivity index (χ1n) is 8.48. The van der Waals surface area contributed by atoms with E-state index < -0.39 is 0 Å². The van der Waals surface area contributed by atoms with Crippen LogP contribution in [0.25, 0.3) is 21.3 Å². The van der Waals surface area contributed by atoms with E-state index in [1.54, 1.807) is 11.6 Å². The summed E-state index contributed by atoms with van der Waals surface area (Å²) in [5.41, 5.74) is 4.72. The fourth-order valence-corrected chi connectivity index (χ4v) is 4.32. The van der Waals surface area contributed by atoms with E-state index in [1.807, 2.05) is 23.1 Å². The van der Waals surface area contributed by atoms with Crippen molar-refractivity contribution in [2.75, 3.05) is 6.54 Å². The van der Waals surface area contributed by atoms with Crippen molar-refractivity contribution in [3.05, 3.63) is 59.1 Å². The summed E-state index contributed by atoms with van der Waals surface area (Å²) < 4.78 is 14.4. The third-order valence-electron chi connectivity index (χ3n) is 4.87. The molecule has 1 atom stereocenters. The highest BCUT2D eigenvalue weighted by Gasteiger charge is 2.32. The SMILES string of the molecule is O=C(c1ccc2ncsc2c1)N1CCC[C@@H]1c1nc2ccc(F)cc2[nH]1. The molecule has 0 spiro atoms. The Morgan fingerprint density at radius 1 is 1.23 bits per heavy atom. The first-order valence-corrected chi connectivity index (χ1v) is 9.36. The van der Waals surface area contributed by atoms with E-state index in [-0.39, 0.29) is 17.8 Å². The summed E-state index contributed by atoms with van der Waals surface area (Å²) in [4.78, 5) is 27.0. The number of imidazole rings is 1. The van der Waals surface area contributed by atoms with Crippen molar-refractivity contribution < 1.29 is 9.18 Å². The maximum absolute atomic E-state index is 13.4. The number of likely N-dealkylation sites (tertiary alicyclic amines) is 1. The van der Waals surface area contributed by atoms with Crippen LogP contribution in [0.3, 0.4) is 0 Å². The van der Waals surface area contributed by atoms with E-state index in [9.17, 15) is 9.18 Å². The quantitative estimate of drug-likeness (QED) is 0.576. The van der Waals surface area contributed by atoms with Gasteiger partial charge in [0.1, 0.15) is 11.6 Å². The van der Waals surface area contributed by atoms with Gasteiger partial charge in [-0.1, -0.05) is 0 Å². The van der Waals surface area contributed by atoms with Gasteiger partial charge in [0.25, 0.3) is 5.91 Å². The van der Waals surface area contributed by atoms with Crippen molar-refractivity contribution in [1.82, 2.24) is 19.9 Å². The second-order valence-corrected chi connectivity index (χ2v) is 7.36. The van der Waals surface area contributed by atoms with Crippen LogP contribution in [-0.4, -0.2) is 32.3 Å². The van der Waals surface area contributed by atoms with Gasteiger partial charge in [0.05, 0.1) is 32.8 Å². The number of nitrogens with one attached hydrogen (secondary N) is 1. The summed E-state index contributed by atoms with van der Waals surface area (Å²) in [6, 6.07) is 9.99. The summed E-state index contributed by atoms with van der Waals surface area (Å²) in [7, 11) is 0. The number of benzene rings is 2. The summed E-state index contributed by atoms with van der Waals surface area (Å²) in [6.07, 6.45) is 1.77. The molecule has 1 aliphatic heterocycles. The molecule has 0 unspecified atom stereocenters. The minimum Gasteiger partial charge on any atom is -0.340 e. The highest BCUT2D eigenvalue weighted by atomic mass is 32.1. The zero-order chi connectivity index (χ0) is 17.7. The standard InChI is InChI=1S/C19H15FN4OS/c20-12-4-6-13-15(9-12)23-18(22-13)16-2-1-7-24(16)19(25)11-3-5-14-17(8-11)26-10-21-14/h3-6,8-10,16H,1-2,7H2,(H,22,23)/t16-/m1/s1. The van der Waals surface area contributed by atoms with Crippen LogP contribution in [0.4, 0.5) is 4.39 Å². The zero-order valence-electron chi connectivity index (χ0n) is 13.8. The van der Waals surface area contributed by atoms with Gasteiger partial charge < -0.3 is 9.88 Å². The van der Waals surface area contributed by atoms with Gasteiger partial charge in [0.2, 0.25) is 0 Å². The Hall–Kier alpha value is -2.80. The molecule has 1 aliphatic rings. The molecule has 0 bridgehead atoms. The highest BCUT2D eigenvalue weighted by Crippen LogP contribution is 2.33. The predicted molar refractivity (Wildman–Crippen MR) is 98.7 cm³/mol. The third kappa shape index (κ3) is 2.47. The molecule has 0 radical (unpaired) electrons. The van der Waals surface area contributed by atoms with Crippen molar-refractivity contribution in [3.8, 4) is 0 Å². The molecule has 7 heteroatoms. The summed E-state index contributed by atoms with van der Waals surface area (Å²) in [6.45, 7) is 0.690. The molecule has 2 aromatic heterocycles. The van der Waals surface area contributed by atoms with E-state index in [2.05, 4.69) is 15.0 Å². The summed E-state index contributed by atoms with van der Waals surface area (Å²) >= 11 is 1.53. The van der Waals surface area contributed by atoms with E-state index >= 15 is 0 Å². The van der Waals surface area contributed by atoms with Crippen LogP contribution < -0.4 is 0 Å². The number of halogens is 1. The number of H-pyrrole nitrogens is 1. The minimum atomic E-state index is -0.301. The number of thiazole rings is 1. The number of aromatic amines is 1. The van der Waals surface area contributed by atoms with Crippen molar-refractivity contribution in [3.63, 3.8) is 0 Å². The average molecular weight is 366 g/mol. The monoisotopic (exact) mass is 366 g/mol. The Balaban J connectivity index is 1.49. The van der Waals surface area contributed by atoms with Gasteiger partial charge in [0, 0.05) is 12.1 Å². The van der Waals surface area contributed by atoms with E-state index in [1.165, 1.54) is 23.5 Å². The number of amides is 1. The largest absolute Gasteiger partial charge is 0.340 e. The van der Waals surface area contributed by atoms with E-state index in [0.717, 1.165) is 28.9 Å². The first kappa shape index (κ1) is 15.5. The molecule has 1 saturated heterocycles. The number of aromatic nitrogens is 3. The molecular formula is C19H15FN4OS. The van der Waals surface area contributed by atoms with Gasteiger partial charge in [-0.2, -0.15) is 0 Å². The van der Waals surface area contributed by atoms with Gasteiger partial charge in [-0.3, -0.25) is 4.79 Å². The number of nitrogens with zero attached hydrogens (tertiary/aromatic N) is 3. The van der Waals surface area contributed by atoms with Crippen LogP contribution in [0.15, 0.2) is 41.9 Å². The van der Waals surface area contributed by atoms with E-state index in [0.29, 0.717) is 23.1 Å². The van der Waals surface area contributed by atoms with Crippen LogP contribution in [-0.2, 0) is 0 Å². The van der Waals surface area contributed by atoms with E-state index in [4.69, 9.17) is 0 Å². The number of fused-ring (bicyclic) bond motifs is 2. The molecule has 3 heterocycles. The molecular weight excluding hydrogens is 351 g/mol. The minimum absolute atomic E-state index is 0.00515. The highest BCUT2D eigenvalue weighted by molar-refractivity contribution is 7.16. The Bertz CT molecular complexity index is 1130. The molecule has 5 nitrogen and oxygen atoms in total. The number of carbonyl (C=O) groups excluding carboxylic acids is 1. The smallest absolute Gasteiger partial charge is 0.254 e. The molecule has 1 N–H and O–H groups in total. The van der Waals surface area contributed by atoms with Crippen LogP contribution in [0, 0.1) is 5.82 Å². The predicted octanol–water partition coefficient (Wildman–Crippen LogP) is 4.29. The lowest BCUT2D eigenvalue weighted by Gasteiger charge is -2.23. The lowest BCUT2D eigenvalue weighted by molar-refractivity contribution is 0.0731. The van der Waals surface area contributed by atoms with Crippen LogP contribution >= 0.6 is 11.3 Å². The maximum Gasteiger partial charge on any atom is 0.254 e. The van der Waals surface area contributed by atoms with Gasteiger partial charge in [-0.25, -0.2) is 14.4 Å². The normalized spacial score (nSPS) is 17.4. The van der Waals surface area contributed by atoms with Crippen molar-refractivity contribution in [2.45, 2.75) is 18.9 Å². The fraction of sp³-hybridized carbons (Fsp3) is 0.211. The average Bonchev–Trinajstić information content (AvgIpc) is 3.37. The number of rotatable bonds is 2. The van der Waals surface area contributed by atoms with Crippen molar-refractivity contribution in [1.29, 1.82) is 0 Å². The second-order valence-electron chi connectivity index (χ2n) is 6.47. The second kappa shape index (κ2) is 5.88. The topological polar surface area (TPSA) is 61.9 Å². The Labute approximate surface area is 152 Å². The Morgan fingerprint density at radius 2 is 2.12 bits per heavy atom. The molecule has 5 rings (SSSR count). The molecule has 130 valence electrons. The zero-order valence-corrected chi connectivity index (χ0v) is 14.6. The molecule has 0 saturated carbocycles. The molecule has 26 heavy (non-hydrogen) atoms. The molecule has 0 aliphatic carbocycles. The molecule has 4 aromatic rings.